The van der Waals surface area contributed by atoms with E-state index in [1.54, 1.807) is 36.4 Å². The molecule has 0 aromatic heterocycles. The summed E-state index contributed by atoms with van der Waals surface area (Å²) in [5, 5.41) is 0.385. The Kier molecular flexibility index (Phi) is 4.15. The number of carbonyl (C=O) groups is 1. The first-order chi connectivity index (χ1) is 9.58. The van der Waals surface area contributed by atoms with Crippen molar-refractivity contribution in [3.05, 3.63) is 52.5 Å². The van der Waals surface area contributed by atoms with Crippen LogP contribution >= 0.6 is 11.6 Å². The summed E-state index contributed by atoms with van der Waals surface area (Å²) in [6, 6.07) is 9.95. The highest BCUT2D eigenvalue weighted by atomic mass is 35.5. The van der Waals surface area contributed by atoms with E-state index in [1.165, 1.54) is 14.2 Å². The van der Waals surface area contributed by atoms with Crippen LogP contribution in [0, 0.1) is 0 Å². The van der Waals surface area contributed by atoms with Crippen LogP contribution in [0.25, 0.3) is 0 Å². The molecule has 0 saturated heterocycles. The van der Waals surface area contributed by atoms with Crippen molar-refractivity contribution in [2.45, 2.75) is 0 Å². The average molecular weight is 292 g/mol. The number of hydrogen-bond donors (Lipinski definition) is 1. The van der Waals surface area contributed by atoms with Gasteiger partial charge in [-0.2, -0.15) is 0 Å². The molecule has 5 heteroatoms. The minimum absolute atomic E-state index is 0.245. The summed E-state index contributed by atoms with van der Waals surface area (Å²) in [5.74, 6) is 0.556. The van der Waals surface area contributed by atoms with E-state index >= 15 is 0 Å². The fourth-order valence-corrected chi connectivity index (χ4v) is 2.11. The fourth-order valence-electron chi connectivity index (χ4n) is 1.89. The molecule has 0 amide bonds. The maximum atomic E-state index is 12.6. The van der Waals surface area contributed by atoms with Crippen molar-refractivity contribution in [2.24, 2.45) is 0 Å². The molecule has 104 valence electrons. The van der Waals surface area contributed by atoms with Crippen LogP contribution in [0.5, 0.6) is 11.5 Å². The third-order valence-corrected chi connectivity index (χ3v) is 3.24. The summed E-state index contributed by atoms with van der Waals surface area (Å²) in [6.45, 7) is 0. The minimum Gasteiger partial charge on any atom is -0.496 e. The molecule has 2 aromatic rings. The van der Waals surface area contributed by atoms with Crippen molar-refractivity contribution in [3.63, 3.8) is 0 Å². The van der Waals surface area contributed by atoms with Crippen molar-refractivity contribution >= 4 is 23.1 Å². The van der Waals surface area contributed by atoms with E-state index in [0.717, 1.165) is 0 Å². The lowest BCUT2D eigenvalue weighted by atomic mass is 10.0. The van der Waals surface area contributed by atoms with Gasteiger partial charge in [0.05, 0.1) is 30.5 Å². The summed E-state index contributed by atoms with van der Waals surface area (Å²) in [7, 11) is 2.96. The topological polar surface area (TPSA) is 61.5 Å². The largest absolute Gasteiger partial charge is 0.496 e. The van der Waals surface area contributed by atoms with Gasteiger partial charge in [-0.15, -0.1) is 0 Å². The molecule has 0 bridgehead atoms. The number of ether oxygens (including phenoxy) is 2. The Morgan fingerprint density at radius 1 is 1.05 bits per heavy atom. The number of benzene rings is 2. The maximum Gasteiger partial charge on any atom is 0.198 e. The predicted molar refractivity (Wildman–Crippen MR) is 78.8 cm³/mol. The number of ketones is 1. The van der Waals surface area contributed by atoms with Crippen LogP contribution < -0.4 is 15.2 Å². The Morgan fingerprint density at radius 2 is 1.70 bits per heavy atom. The van der Waals surface area contributed by atoms with E-state index in [-0.39, 0.29) is 5.78 Å². The molecule has 0 spiro atoms. The van der Waals surface area contributed by atoms with E-state index in [4.69, 9.17) is 26.8 Å². The van der Waals surface area contributed by atoms with Crippen LogP contribution in [0.3, 0.4) is 0 Å². The van der Waals surface area contributed by atoms with Gasteiger partial charge in [-0.1, -0.05) is 23.7 Å². The lowest BCUT2D eigenvalue weighted by Crippen LogP contribution is -2.06. The van der Waals surface area contributed by atoms with E-state index in [1.807, 2.05) is 0 Å². The number of anilines is 1. The number of hydrogen-bond acceptors (Lipinski definition) is 4. The van der Waals surface area contributed by atoms with E-state index in [2.05, 4.69) is 0 Å². The third-order valence-electron chi connectivity index (χ3n) is 2.91. The van der Waals surface area contributed by atoms with Crippen molar-refractivity contribution in [1.29, 1.82) is 0 Å². The van der Waals surface area contributed by atoms with Gasteiger partial charge in [0.25, 0.3) is 0 Å². The number of nitrogens with two attached hydrogens (primary N) is 1. The first-order valence-corrected chi connectivity index (χ1v) is 6.27. The Morgan fingerprint density at radius 3 is 2.30 bits per heavy atom. The third kappa shape index (κ3) is 2.56. The first kappa shape index (κ1) is 14.2. The number of halogens is 1. The van der Waals surface area contributed by atoms with Gasteiger partial charge < -0.3 is 15.2 Å². The number of carbonyl (C=O) groups excluding carboxylic acids is 1. The van der Waals surface area contributed by atoms with Crippen LogP contribution in [0.2, 0.25) is 5.02 Å². The number of rotatable bonds is 4. The van der Waals surface area contributed by atoms with Crippen molar-refractivity contribution in [3.8, 4) is 11.5 Å². The predicted octanol–water partition coefficient (Wildman–Crippen LogP) is 3.17. The molecule has 20 heavy (non-hydrogen) atoms. The van der Waals surface area contributed by atoms with Gasteiger partial charge in [0.1, 0.15) is 11.5 Å². The Labute approximate surface area is 122 Å². The fraction of sp³-hybridized carbons (Fsp3) is 0.133. The molecule has 2 N–H and O–H groups in total. The zero-order valence-electron chi connectivity index (χ0n) is 11.1. The second-order valence-electron chi connectivity index (χ2n) is 4.10. The van der Waals surface area contributed by atoms with Gasteiger partial charge in [0, 0.05) is 11.6 Å². The molecule has 4 nitrogen and oxygen atoms in total. The zero-order chi connectivity index (χ0) is 14.7. The maximum absolute atomic E-state index is 12.6. The molecule has 0 fully saturated rings. The van der Waals surface area contributed by atoms with Gasteiger partial charge in [-0.05, 0) is 18.2 Å². The summed E-state index contributed by atoms with van der Waals surface area (Å²) in [4.78, 5) is 12.6. The highest BCUT2D eigenvalue weighted by Gasteiger charge is 2.19. The van der Waals surface area contributed by atoms with Crippen LogP contribution in [0.4, 0.5) is 5.69 Å². The lowest BCUT2D eigenvalue weighted by molar-refractivity contribution is 0.103. The number of methoxy groups -OCH3 is 2. The lowest BCUT2D eigenvalue weighted by Gasteiger charge is -2.12. The molecule has 0 aliphatic heterocycles. The Hall–Kier alpha value is -2.20. The molecular weight excluding hydrogens is 278 g/mol. The first-order valence-electron chi connectivity index (χ1n) is 5.89. The van der Waals surface area contributed by atoms with E-state index in [9.17, 15) is 4.79 Å². The Balaban J connectivity index is 2.57. The molecule has 0 aliphatic rings. The standard InChI is InChI=1S/C15H14ClNO3/c1-19-13-8-12(17)14(20-2)7-10(13)15(18)9-5-3-4-6-11(9)16/h3-8H,17H2,1-2H3. The minimum atomic E-state index is -0.245. The summed E-state index contributed by atoms with van der Waals surface area (Å²) in [5.41, 5.74) is 6.96. The Bertz CT molecular complexity index is 656. The summed E-state index contributed by atoms with van der Waals surface area (Å²) < 4.78 is 10.3. The second-order valence-corrected chi connectivity index (χ2v) is 4.51. The van der Waals surface area contributed by atoms with Crippen molar-refractivity contribution in [1.82, 2.24) is 0 Å². The average Bonchev–Trinajstić information content (AvgIpc) is 2.46. The van der Waals surface area contributed by atoms with Gasteiger partial charge in [0.15, 0.2) is 5.78 Å². The molecular formula is C15H14ClNO3. The molecule has 0 saturated carbocycles. The van der Waals surface area contributed by atoms with Crippen LogP contribution in [-0.2, 0) is 0 Å². The highest BCUT2D eigenvalue weighted by molar-refractivity contribution is 6.35. The summed E-state index contributed by atoms with van der Waals surface area (Å²) in [6.07, 6.45) is 0. The van der Waals surface area contributed by atoms with Crippen molar-refractivity contribution in [2.75, 3.05) is 20.0 Å². The van der Waals surface area contributed by atoms with Crippen molar-refractivity contribution < 1.29 is 14.3 Å². The second kappa shape index (κ2) is 5.84. The molecule has 0 heterocycles. The van der Waals surface area contributed by atoms with Gasteiger partial charge in [-0.3, -0.25) is 4.79 Å². The smallest absolute Gasteiger partial charge is 0.198 e. The monoisotopic (exact) mass is 291 g/mol. The van der Waals surface area contributed by atoms with Gasteiger partial charge >= 0.3 is 0 Å². The van der Waals surface area contributed by atoms with E-state index in [0.29, 0.717) is 33.3 Å². The van der Waals surface area contributed by atoms with Crippen LogP contribution in [-0.4, -0.2) is 20.0 Å². The molecule has 0 radical (unpaired) electrons. The summed E-state index contributed by atoms with van der Waals surface area (Å²) >= 11 is 6.05. The highest BCUT2D eigenvalue weighted by Crippen LogP contribution is 2.33. The molecule has 2 rings (SSSR count). The van der Waals surface area contributed by atoms with Gasteiger partial charge in [0.2, 0.25) is 0 Å². The van der Waals surface area contributed by atoms with Crippen LogP contribution in [0.1, 0.15) is 15.9 Å². The van der Waals surface area contributed by atoms with Crippen LogP contribution in [0.15, 0.2) is 36.4 Å². The SMILES string of the molecule is COc1cc(C(=O)c2ccccc2Cl)c(OC)cc1N. The van der Waals surface area contributed by atoms with Gasteiger partial charge in [-0.25, -0.2) is 0 Å². The molecule has 0 atom stereocenters. The normalized spacial score (nSPS) is 10.2. The molecule has 2 aromatic carbocycles. The molecule has 0 unspecified atom stereocenters. The van der Waals surface area contributed by atoms with E-state index < -0.39 is 0 Å². The quantitative estimate of drug-likeness (QED) is 0.694. The number of nitrogen functional groups attached to an aromatic ring is 1. The molecule has 0 aliphatic carbocycles. The zero-order valence-corrected chi connectivity index (χ0v) is 11.9.